The maximum atomic E-state index is 10.6. The van der Waals surface area contributed by atoms with E-state index in [-0.39, 0.29) is 0 Å². The number of hydrogen-bond donors (Lipinski definition) is 2. The summed E-state index contributed by atoms with van der Waals surface area (Å²) in [5.74, 6) is -0.238. The van der Waals surface area contributed by atoms with Crippen LogP contribution in [-0.4, -0.2) is 26.6 Å². The van der Waals surface area contributed by atoms with Crippen molar-refractivity contribution < 1.29 is 9.90 Å². The van der Waals surface area contributed by atoms with Crippen LogP contribution in [0.15, 0.2) is 18.5 Å². The molecule has 1 atom stereocenters. The van der Waals surface area contributed by atoms with Crippen LogP contribution in [0.25, 0.3) is 6.08 Å². The number of aliphatic carboxylic acids is 1. The van der Waals surface area contributed by atoms with E-state index in [0.29, 0.717) is 5.75 Å². The molecule has 5 heteroatoms. The highest BCUT2D eigenvalue weighted by Gasteiger charge is 2.13. The molecule has 0 aliphatic carbocycles. The number of carbonyl (C=O) groups is 1. The summed E-state index contributed by atoms with van der Waals surface area (Å²) < 4.78 is 1.42. The zero-order chi connectivity index (χ0) is 10.6. The molecule has 0 amide bonds. The van der Waals surface area contributed by atoms with Gasteiger partial charge in [-0.3, -0.25) is 4.68 Å². The maximum Gasteiger partial charge on any atom is 0.328 e. The molecule has 0 aliphatic heterocycles. The van der Waals surface area contributed by atoms with E-state index in [1.165, 1.54) is 4.68 Å². The second-order valence-corrected chi connectivity index (χ2v) is 3.22. The molecular formula is C9H12N2O2S. The number of hydrogen-bond acceptors (Lipinski definition) is 3. The van der Waals surface area contributed by atoms with E-state index in [2.05, 4.69) is 17.7 Å². The first-order valence-corrected chi connectivity index (χ1v) is 4.82. The molecule has 0 bridgehead atoms. The molecule has 0 unspecified atom stereocenters. The Morgan fingerprint density at radius 1 is 1.86 bits per heavy atom. The molecule has 1 heterocycles. The predicted octanol–water partition coefficient (Wildman–Crippen LogP) is 1.47. The summed E-state index contributed by atoms with van der Waals surface area (Å²) in [4.78, 5) is 10.6. The van der Waals surface area contributed by atoms with E-state index < -0.39 is 12.0 Å². The average Bonchev–Trinajstić information content (AvgIpc) is 2.61. The van der Waals surface area contributed by atoms with Crippen LogP contribution in [-0.2, 0) is 4.79 Å². The third-order valence-electron chi connectivity index (χ3n) is 1.79. The van der Waals surface area contributed by atoms with Gasteiger partial charge in [0, 0.05) is 17.5 Å². The van der Waals surface area contributed by atoms with Crippen LogP contribution in [0.3, 0.4) is 0 Å². The maximum absolute atomic E-state index is 10.6. The lowest BCUT2D eigenvalue weighted by molar-refractivity contribution is -0.140. The van der Waals surface area contributed by atoms with Gasteiger partial charge >= 0.3 is 5.97 Å². The van der Waals surface area contributed by atoms with Gasteiger partial charge in [0.2, 0.25) is 0 Å². The van der Waals surface area contributed by atoms with E-state index in [4.69, 9.17) is 5.11 Å². The fourth-order valence-corrected chi connectivity index (χ4v) is 1.06. The number of rotatable bonds is 4. The topological polar surface area (TPSA) is 55.1 Å². The number of nitrogens with zero attached hydrogens (tertiary/aromatic N) is 2. The van der Waals surface area contributed by atoms with Gasteiger partial charge in [0.1, 0.15) is 6.04 Å². The van der Waals surface area contributed by atoms with Gasteiger partial charge in [-0.2, -0.15) is 17.7 Å². The van der Waals surface area contributed by atoms with Gasteiger partial charge in [-0.05, 0) is 6.92 Å². The lowest BCUT2D eigenvalue weighted by atomic mass is 10.3. The smallest absolute Gasteiger partial charge is 0.328 e. The van der Waals surface area contributed by atoms with Gasteiger partial charge in [0.05, 0.1) is 6.20 Å². The Labute approximate surface area is 87.6 Å². The van der Waals surface area contributed by atoms with Crippen LogP contribution >= 0.6 is 12.6 Å². The molecule has 0 fully saturated rings. The van der Waals surface area contributed by atoms with Crippen LogP contribution in [0.5, 0.6) is 0 Å². The Bertz CT molecular complexity index is 346. The molecule has 0 aromatic carbocycles. The van der Waals surface area contributed by atoms with Crippen molar-refractivity contribution in [1.82, 2.24) is 9.78 Å². The normalized spacial score (nSPS) is 13.3. The highest BCUT2D eigenvalue weighted by molar-refractivity contribution is 7.80. The lowest BCUT2D eigenvalue weighted by Crippen LogP contribution is -2.15. The first-order chi connectivity index (χ1) is 6.65. The number of aromatic nitrogens is 2. The van der Waals surface area contributed by atoms with Crippen molar-refractivity contribution in [2.24, 2.45) is 0 Å². The molecule has 14 heavy (non-hydrogen) atoms. The highest BCUT2D eigenvalue weighted by Crippen LogP contribution is 2.07. The van der Waals surface area contributed by atoms with Crippen molar-refractivity contribution in [2.75, 3.05) is 5.75 Å². The lowest BCUT2D eigenvalue weighted by Gasteiger charge is -2.04. The Morgan fingerprint density at radius 3 is 3.14 bits per heavy atom. The molecule has 76 valence electrons. The molecule has 4 nitrogen and oxygen atoms in total. The second kappa shape index (κ2) is 4.85. The van der Waals surface area contributed by atoms with E-state index in [1.54, 1.807) is 19.3 Å². The van der Waals surface area contributed by atoms with Crippen LogP contribution in [0.4, 0.5) is 0 Å². The summed E-state index contributed by atoms with van der Waals surface area (Å²) in [5, 5.41) is 12.7. The summed E-state index contributed by atoms with van der Waals surface area (Å²) in [6.45, 7) is 1.58. The summed E-state index contributed by atoms with van der Waals surface area (Å²) in [7, 11) is 0. The largest absolute Gasteiger partial charge is 0.480 e. The van der Waals surface area contributed by atoms with Crippen molar-refractivity contribution >= 4 is 24.7 Å². The zero-order valence-corrected chi connectivity index (χ0v) is 8.69. The van der Waals surface area contributed by atoms with Crippen LogP contribution in [0, 0.1) is 0 Å². The predicted molar refractivity (Wildman–Crippen MR) is 57.5 cm³/mol. The molecule has 1 aromatic heterocycles. The van der Waals surface area contributed by atoms with Crippen LogP contribution < -0.4 is 0 Å². The Kier molecular flexibility index (Phi) is 3.76. The van der Waals surface area contributed by atoms with Crippen molar-refractivity contribution in [3.8, 4) is 0 Å². The first kappa shape index (κ1) is 10.8. The minimum absolute atomic E-state index is 0.631. The van der Waals surface area contributed by atoms with E-state index in [0.717, 1.165) is 5.56 Å². The van der Waals surface area contributed by atoms with Crippen molar-refractivity contribution in [1.29, 1.82) is 0 Å². The van der Waals surface area contributed by atoms with Crippen molar-refractivity contribution in [3.05, 3.63) is 24.0 Å². The SMILES string of the molecule is C[C@@H](C(=O)O)n1cc(C=CCS)cn1. The van der Waals surface area contributed by atoms with Crippen molar-refractivity contribution in [2.45, 2.75) is 13.0 Å². The molecule has 1 N–H and O–H groups in total. The third-order valence-corrected chi connectivity index (χ3v) is 2.00. The fourth-order valence-electron chi connectivity index (χ4n) is 0.953. The quantitative estimate of drug-likeness (QED) is 0.743. The molecule has 0 spiro atoms. The van der Waals surface area contributed by atoms with Gasteiger partial charge in [-0.25, -0.2) is 4.79 Å². The van der Waals surface area contributed by atoms with Crippen LogP contribution in [0.2, 0.25) is 0 Å². The van der Waals surface area contributed by atoms with Gasteiger partial charge in [0.25, 0.3) is 0 Å². The van der Waals surface area contributed by atoms with Gasteiger partial charge in [-0.1, -0.05) is 12.2 Å². The summed E-state index contributed by atoms with van der Waals surface area (Å²) in [6.07, 6.45) is 7.04. The molecule has 1 aromatic rings. The fraction of sp³-hybridized carbons (Fsp3) is 0.333. The minimum atomic E-state index is -0.891. The summed E-state index contributed by atoms with van der Waals surface area (Å²) >= 11 is 4.02. The van der Waals surface area contributed by atoms with Crippen LogP contribution in [0.1, 0.15) is 18.5 Å². The number of thiol groups is 1. The Morgan fingerprint density at radius 2 is 2.57 bits per heavy atom. The van der Waals surface area contributed by atoms with E-state index >= 15 is 0 Å². The van der Waals surface area contributed by atoms with Crippen molar-refractivity contribution in [3.63, 3.8) is 0 Å². The standard InChI is InChI=1S/C9H12N2O2S/c1-7(9(12)13)11-6-8(5-10-11)3-2-4-14/h2-3,5-7,14H,4H2,1H3,(H,12,13)/t7-/m0/s1. The number of carboxylic acid groups (broad SMARTS) is 1. The molecule has 0 radical (unpaired) electrons. The zero-order valence-electron chi connectivity index (χ0n) is 7.79. The second-order valence-electron chi connectivity index (χ2n) is 2.85. The Balaban J connectivity index is 2.77. The molecule has 0 saturated carbocycles. The number of carboxylic acids is 1. The molecular weight excluding hydrogens is 200 g/mol. The molecule has 0 saturated heterocycles. The molecule has 0 aliphatic rings. The third kappa shape index (κ3) is 2.63. The average molecular weight is 212 g/mol. The van der Waals surface area contributed by atoms with E-state index in [9.17, 15) is 4.79 Å². The van der Waals surface area contributed by atoms with Gasteiger partial charge in [0.15, 0.2) is 0 Å². The monoisotopic (exact) mass is 212 g/mol. The van der Waals surface area contributed by atoms with Gasteiger partial charge < -0.3 is 5.11 Å². The van der Waals surface area contributed by atoms with E-state index in [1.807, 2.05) is 12.2 Å². The van der Waals surface area contributed by atoms with Gasteiger partial charge in [-0.15, -0.1) is 0 Å². The highest BCUT2D eigenvalue weighted by atomic mass is 32.1. The minimum Gasteiger partial charge on any atom is -0.480 e. The molecule has 1 rings (SSSR count). The Hall–Kier alpha value is -1.23. The summed E-state index contributed by atoms with van der Waals surface area (Å²) in [5.41, 5.74) is 0.882. The summed E-state index contributed by atoms with van der Waals surface area (Å²) in [6, 6.07) is -0.631. The first-order valence-electron chi connectivity index (χ1n) is 4.19.